The minimum absolute atomic E-state index is 0.0145. The second kappa shape index (κ2) is 41.8. The molecule has 1 N–H and O–H groups in total. The van der Waals surface area contributed by atoms with Gasteiger partial charge in [0.2, 0.25) is 0 Å². The molecule has 0 bridgehead atoms. The van der Waals surface area contributed by atoms with Crippen LogP contribution < -0.4 is 0 Å². The summed E-state index contributed by atoms with van der Waals surface area (Å²) < 4.78 is 16.0. The zero-order chi connectivity index (χ0) is 40.5. The van der Waals surface area contributed by atoms with Crippen molar-refractivity contribution < 1.29 is 33.8 Å². The first-order valence-corrected chi connectivity index (χ1v) is 23.5. The van der Waals surface area contributed by atoms with Gasteiger partial charge >= 0.3 is 18.0 Å². The lowest BCUT2D eigenvalue weighted by atomic mass is 10.0. The number of amides is 1. The Hall–Kier alpha value is -1.87. The van der Waals surface area contributed by atoms with Crippen LogP contribution in [0.15, 0.2) is 0 Å². The van der Waals surface area contributed by atoms with Crippen LogP contribution >= 0.6 is 0 Å². The normalized spacial score (nSPS) is 11.9. The summed E-state index contributed by atoms with van der Waals surface area (Å²) in [5.41, 5.74) is 0. The summed E-state index contributed by atoms with van der Waals surface area (Å²) in [6.07, 6.45) is 35.9. The smallest absolute Gasteiger partial charge is 0.433 e. The minimum atomic E-state index is -0.729. The number of methoxy groups -OCH3 is 1. The molecule has 0 spiro atoms. The Morgan fingerprint density at radius 2 is 0.873 bits per heavy atom. The molecule has 9 nitrogen and oxygen atoms in total. The van der Waals surface area contributed by atoms with Crippen LogP contribution in [-0.4, -0.2) is 79.2 Å². The molecule has 0 radical (unpaired) electrons. The van der Waals surface area contributed by atoms with E-state index in [1.807, 2.05) is 0 Å². The minimum Gasteiger partial charge on any atom is -0.466 e. The molecule has 1 unspecified atom stereocenters. The Bertz CT molecular complexity index is 858. The third kappa shape index (κ3) is 37.5. The molecule has 326 valence electrons. The maximum atomic E-state index is 12.8. The highest BCUT2D eigenvalue weighted by molar-refractivity contribution is 5.69. The van der Waals surface area contributed by atoms with E-state index >= 15 is 0 Å². The second-order valence-electron chi connectivity index (χ2n) is 16.0. The molecule has 0 aliphatic carbocycles. The van der Waals surface area contributed by atoms with Crippen molar-refractivity contribution in [3.8, 4) is 0 Å². The maximum Gasteiger partial charge on any atom is 0.433 e. The van der Waals surface area contributed by atoms with Gasteiger partial charge in [-0.3, -0.25) is 14.8 Å². The lowest BCUT2D eigenvalue weighted by Crippen LogP contribution is -2.33. The highest BCUT2D eigenvalue weighted by atomic mass is 16.6. The lowest BCUT2D eigenvalue weighted by molar-refractivity contribution is -0.150. The van der Waals surface area contributed by atoms with Crippen molar-refractivity contribution >= 4 is 18.0 Å². The molecule has 0 heterocycles. The van der Waals surface area contributed by atoms with E-state index in [9.17, 15) is 19.6 Å². The largest absolute Gasteiger partial charge is 0.466 e. The molecule has 0 aromatic rings. The van der Waals surface area contributed by atoms with Crippen molar-refractivity contribution in [2.24, 2.45) is 0 Å². The Morgan fingerprint density at radius 1 is 0.473 bits per heavy atom. The molecule has 1 atom stereocenters. The zero-order valence-corrected chi connectivity index (χ0v) is 36.7. The fourth-order valence-electron chi connectivity index (χ4n) is 7.20. The van der Waals surface area contributed by atoms with Gasteiger partial charge in [-0.1, -0.05) is 156 Å². The Balaban J connectivity index is 4.35. The predicted octanol–water partition coefficient (Wildman–Crippen LogP) is 13.1. The first kappa shape index (κ1) is 53.1. The molecule has 0 saturated carbocycles. The molecule has 0 rings (SSSR count). The average Bonchev–Trinajstić information content (AvgIpc) is 3.18. The van der Waals surface area contributed by atoms with Crippen molar-refractivity contribution in [3.63, 3.8) is 0 Å². The Morgan fingerprint density at radius 3 is 1.36 bits per heavy atom. The molecule has 0 aromatic heterocycles. The van der Waals surface area contributed by atoms with Crippen molar-refractivity contribution in [1.82, 2.24) is 9.96 Å². The van der Waals surface area contributed by atoms with Gasteiger partial charge in [0.15, 0.2) is 0 Å². The van der Waals surface area contributed by atoms with Gasteiger partial charge in [0.05, 0.1) is 20.3 Å². The van der Waals surface area contributed by atoms with Crippen molar-refractivity contribution in [2.45, 2.75) is 239 Å². The van der Waals surface area contributed by atoms with Crippen LogP contribution in [0.2, 0.25) is 0 Å². The van der Waals surface area contributed by atoms with Crippen LogP contribution in [0.4, 0.5) is 4.79 Å². The monoisotopic (exact) mass is 783 g/mol. The molecular weight excluding hydrogens is 693 g/mol. The average molecular weight is 783 g/mol. The van der Waals surface area contributed by atoms with Crippen LogP contribution in [0.3, 0.4) is 0 Å². The first-order valence-electron chi connectivity index (χ1n) is 23.5. The second-order valence-corrected chi connectivity index (χ2v) is 16.0. The van der Waals surface area contributed by atoms with Gasteiger partial charge in [-0.15, -0.1) is 0 Å². The number of ether oxygens (including phenoxy) is 3. The SMILES string of the molecule is CCCCCCCCCOC(=O)CCCCCCCN(CCCCCCCC(=O)OC(CCCCCCC)CCCCCCCC)CCCN(O)C(=O)OC. The summed E-state index contributed by atoms with van der Waals surface area (Å²) in [5, 5.41) is 10.5. The van der Waals surface area contributed by atoms with E-state index in [-0.39, 0.29) is 24.6 Å². The summed E-state index contributed by atoms with van der Waals surface area (Å²) in [7, 11) is 1.27. The number of hydrogen-bond acceptors (Lipinski definition) is 8. The Labute approximate surface area is 339 Å². The zero-order valence-electron chi connectivity index (χ0n) is 36.7. The molecule has 9 heteroatoms. The van der Waals surface area contributed by atoms with Gasteiger partial charge in [0.25, 0.3) is 0 Å². The van der Waals surface area contributed by atoms with E-state index in [4.69, 9.17) is 9.47 Å². The van der Waals surface area contributed by atoms with E-state index in [0.29, 0.717) is 30.9 Å². The number of carbonyl (C=O) groups excluding carboxylic acids is 3. The highest BCUT2D eigenvalue weighted by Crippen LogP contribution is 2.18. The van der Waals surface area contributed by atoms with Crippen LogP contribution in [0.5, 0.6) is 0 Å². The number of unbranched alkanes of at least 4 members (excludes halogenated alkanes) is 23. The van der Waals surface area contributed by atoms with Gasteiger partial charge in [0.1, 0.15) is 6.10 Å². The van der Waals surface area contributed by atoms with Crippen LogP contribution in [0, 0.1) is 0 Å². The molecule has 55 heavy (non-hydrogen) atoms. The van der Waals surface area contributed by atoms with E-state index in [1.54, 1.807) is 0 Å². The van der Waals surface area contributed by atoms with E-state index in [1.165, 1.54) is 97.0 Å². The van der Waals surface area contributed by atoms with Crippen molar-refractivity contribution in [2.75, 3.05) is 39.9 Å². The van der Waals surface area contributed by atoms with Gasteiger partial charge < -0.3 is 19.1 Å². The molecule has 0 aliphatic heterocycles. The number of hydrogen-bond donors (Lipinski definition) is 1. The van der Waals surface area contributed by atoms with Crippen LogP contribution in [0.1, 0.15) is 233 Å². The van der Waals surface area contributed by atoms with Gasteiger partial charge in [-0.05, 0) is 83.8 Å². The summed E-state index contributed by atoms with van der Waals surface area (Å²) in [6.45, 7) is 10.3. The van der Waals surface area contributed by atoms with Crippen LogP contribution in [0.25, 0.3) is 0 Å². The van der Waals surface area contributed by atoms with Crippen LogP contribution in [-0.2, 0) is 23.8 Å². The quantitative estimate of drug-likeness (QED) is 0.0214. The highest BCUT2D eigenvalue weighted by Gasteiger charge is 2.15. The van der Waals surface area contributed by atoms with Crippen molar-refractivity contribution in [1.29, 1.82) is 0 Å². The van der Waals surface area contributed by atoms with Gasteiger partial charge in [-0.2, -0.15) is 5.06 Å². The van der Waals surface area contributed by atoms with E-state index < -0.39 is 6.09 Å². The summed E-state index contributed by atoms with van der Waals surface area (Å²) >= 11 is 0. The molecule has 0 saturated heterocycles. The standard InChI is InChI=1S/C46H90N2O7/c1-5-8-11-14-16-25-32-42-54-44(49)36-28-21-17-23-30-38-47(40-33-41-48(52)46(51)53-4)39-31-24-18-22-29-37-45(50)55-43(34-26-19-13-10-7-3)35-27-20-15-12-9-6-2/h43,52H,5-42H2,1-4H3. The van der Waals surface area contributed by atoms with E-state index in [2.05, 4.69) is 30.4 Å². The molecule has 0 aliphatic rings. The lowest BCUT2D eigenvalue weighted by Gasteiger charge is -2.23. The number of rotatable bonds is 42. The topological polar surface area (TPSA) is 106 Å². The molecule has 0 fully saturated rings. The number of carbonyl (C=O) groups is 3. The predicted molar refractivity (Wildman–Crippen MR) is 228 cm³/mol. The van der Waals surface area contributed by atoms with Gasteiger partial charge in [0, 0.05) is 12.8 Å². The summed E-state index contributed by atoms with van der Waals surface area (Å²) in [4.78, 5) is 38.8. The summed E-state index contributed by atoms with van der Waals surface area (Å²) in [5.74, 6) is -0.0720. The Kier molecular flexibility index (Phi) is 40.3. The number of nitrogens with zero attached hydrogens (tertiary/aromatic N) is 2. The van der Waals surface area contributed by atoms with Crippen molar-refractivity contribution in [3.05, 3.63) is 0 Å². The molecule has 0 aromatic carbocycles. The maximum absolute atomic E-state index is 12.8. The number of esters is 2. The van der Waals surface area contributed by atoms with E-state index in [0.717, 1.165) is 122 Å². The fraction of sp³-hybridized carbons (Fsp3) is 0.935. The first-order chi connectivity index (χ1) is 26.9. The summed E-state index contributed by atoms with van der Waals surface area (Å²) in [6, 6.07) is 0. The number of hydroxylamine groups is 2. The fourth-order valence-corrected chi connectivity index (χ4v) is 7.20. The third-order valence-corrected chi connectivity index (χ3v) is 10.8. The van der Waals surface area contributed by atoms with Gasteiger partial charge in [-0.25, -0.2) is 4.79 Å². The molecule has 1 amide bonds. The molecular formula is C46H90N2O7. The third-order valence-electron chi connectivity index (χ3n) is 10.8.